The van der Waals surface area contributed by atoms with E-state index in [4.69, 9.17) is 5.02 Å². The topological polar surface area (TPSA) is 32.7 Å². The van der Waals surface area contributed by atoms with Crippen LogP contribution in [0.3, 0.4) is 0 Å². The summed E-state index contributed by atoms with van der Waals surface area (Å²) < 4.78 is 4.67. The van der Waals surface area contributed by atoms with E-state index in [9.17, 15) is 0 Å². The molecule has 1 radical (unpaired) electrons. The molecule has 0 amide bonds. The van der Waals surface area contributed by atoms with Crippen LogP contribution in [0.15, 0.2) is 0 Å². The van der Waals surface area contributed by atoms with Crippen molar-refractivity contribution < 1.29 is 9.78 Å². The fourth-order valence-corrected chi connectivity index (χ4v) is 0.860. The van der Waals surface area contributed by atoms with Gasteiger partial charge in [-0.1, -0.05) is 0 Å². The molecule has 1 aliphatic rings. The maximum Gasteiger partial charge on any atom is 0.503 e. The predicted octanol–water partition coefficient (Wildman–Crippen LogP) is -0.460. The average Bonchev–Trinajstić information content (AvgIpc) is 2.19. The van der Waals surface area contributed by atoms with Gasteiger partial charge in [0.25, 0.3) is 0 Å². The molecule has 0 aromatic heterocycles. The highest BCUT2D eigenvalue weighted by Gasteiger charge is 2.10. The Kier molecular flexibility index (Phi) is 2.33. The second-order valence-electron chi connectivity index (χ2n) is 1.85. The van der Waals surface area contributed by atoms with E-state index in [1.165, 1.54) is 12.8 Å². The molecule has 4 heteroatoms. The molecule has 1 rings (SSSR count). The van der Waals surface area contributed by atoms with E-state index in [0.717, 1.165) is 20.8 Å². The summed E-state index contributed by atoms with van der Waals surface area (Å²) in [5.74, 6) is 0. The maximum atomic E-state index is 8.14. The van der Waals surface area contributed by atoms with Crippen LogP contribution < -0.4 is 0 Å². The first-order valence-electron chi connectivity index (χ1n) is 2.81. The summed E-state index contributed by atoms with van der Waals surface area (Å²) in [6, 6.07) is 0. The number of rotatable bonds is 2. The van der Waals surface area contributed by atoms with Gasteiger partial charge in [-0.25, -0.2) is 5.06 Å². The van der Waals surface area contributed by atoms with Crippen molar-refractivity contribution in [3.63, 3.8) is 0 Å². The predicted molar refractivity (Wildman–Crippen MR) is 29.9 cm³/mol. The lowest BCUT2D eigenvalue weighted by molar-refractivity contribution is -0.0456. The van der Waals surface area contributed by atoms with E-state index >= 15 is 0 Å². The third kappa shape index (κ3) is 1.47. The molecule has 1 heterocycles. The van der Waals surface area contributed by atoms with Crippen LogP contribution in [-0.2, 0) is 4.76 Å². The number of hydrogen-bond donors (Lipinski definition) is 1. The van der Waals surface area contributed by atoms with Crippen molar-refractivity contribution in [3.05, 3.63) is 0 Å². The Hall–Kier alpha value is -0.0551. The van der Waals surface area contributed by atoms with Gasteiger partial charge in [0, 0.05) is 13.1 Å². The standard InChI is InChI=1S/C4H9BNO2/c7-5-8-6-3-1-2-4-6/h7H,1-4H2. The minimum atomic E-state index is 0.728. The second kappa shape index (κ2) is 3.07. The van der Waals surface area contributed by atoms with Crippen LogP contribution in [0, 0.1) is 0 Å². The zero-order chi connectivity index (χ0) is 5.82. The molecule has 0 saturated carbocycles. The Labute approximate surface area is 49.5 Å². The van der Waals surface area contributed by atoms with E-state index in [1.807, 2.05) is 0 Å². The smallest absolute Gasteiger partial charge is 0.428 e. The summed E-state index contributed by atoms with van der Waals surface area (Å²) in [6.07, 6.45) is 2.35. The largest absolute Gasteiger partial charge is 0.503 e. The molecular weight excluding hydrogens is 105 g/mol. The molecular formula is C4H9BNO2. The zero-order valence-electron chi connectivity index (χ0n) is 4.71. The highest BCUT2D eigenvalue weighted by molar-refractivity contribution is 6.15. The second-order valence-corrected chi connectivity index (χ2v) is 1.85. The summed E-state index contributed by atoms with van der Waals surface area (Å²) >= 11 is 0. The highest BCUT2D eigenvalue weighted by atomic mass is 16.7. The van der Waals surface area contributed by atoms with Crippen LogP contribution in [0.4, 0.5) is 0 Å². The van der Waals surface area contributed by atoms with E-state index < -0.39 is 0 Å². The monoisotopic (exact) mass is 114 g/mol. The lowest BCUT2D eigenvalue weighted by atomic mass is 10.4. The molecule has 1 fully saturated rings. The van der Waals surface area contributed by atoms with Gasteiger partial charge in [-0.2, -0.15) is 0 Å². The summed E-state index contributed by atoms with van der Waals surface area (Å²) in [7, 11) is 0.728. The first-order chi connectivity index (χ1) is 3.93. The number of hydroxylamine groups is 2. The van der Waals surface area contributed by atoms with Crippen LogP contribution in [0.25, 0.3) is 0 Å². The Balaban J connectivity index is 2.06. The lowest BCUT2D eigenvalue weighted by Crippen LogP contribution is -2.21. The van der Waals surface area contributed by atoms with Gasteiger partial charge in [0.15, 0.2) is 0 Å². The molecule has 8 heavy (non-hydrogen) atoms. The molecule has 0 aromatic carbocycles. The van der Waals surface area contributed by atoms with Crippen molar-refractivity contribution in [3.8, 4) is 0 Å². The number of nitrogens with zero attached hydrogens (tertiary/aromatic N) is 1. The van der Waals surface area contributed by atoms with Gasteiger partial charge < -0.3 is 9.78 Å². The Bertz CT molecular complexity index is 65.1. The first-order valence-corrected chi connectivity index (χ1v) is 2.81. The third-order valence-corrected chi connectivity index (χ3v) is 1.26. The molecule has 0 unspecified atom stereocenters. The quantitative estimate of drug-likeness (QED) is 0.493. The van der Waals surface area contributed by atoms with Gasteiger partial charge in [0.05, 0.1) is 0 Å². The van der Waals surface area contributed by atoms with Gasteiger partial charge in [0.1, 0.15) is 0 Å². The normalized spacial score (nSPS) is 21.6. The summed E-state index contributed by atoms with van der Waals surface area (Å²) in [6.45, 7) is 1.88. The van der Waals surface area contributed by atoms with Crippen molar-refractivity contribution >= 4 is 7.69 Å². The highest BCUT2D eigenvalue weighted by Crippen LogP contribution is 2.05. The molecule has 3 nitrogen and oxygen atoms in total. The van der Waals surface area contributed by atoms with Crippen LogP contribution in [-0.4, -0.2) is 30.9 Å². The lowest BCUT2D eigenvalue weighted by Gasteiger charge is -2.10. The van der Waals surface area contributed by atoms with Gasteiger partial charge in [-0.05, 0) is 12.8 Å². The molecule has 0 aromatic rings. The van der Waals surface area contributed by atoms with E-state index in [0.29, 0.717) is 0 Å². The molecule has 0 bridgehead atoms. The summed E-state index contributed by atoms with van der Waals surface area (Å²) in [5, 5.41) is 9.87. The fourth-order valence-electron chi connectivity index (χ4n) is 0.860. The van der Waals surface area contributed by atoms with Crippen molar-refractivity contribution in [1.29, 1.82) is 0 Å². The van der Waals surface area contributed by atoms with Crippen LogP contribution in [0.1, 0.15) is 12.8 Å². The van der Waals surface area contributed by atoms with Crippen molar-refractivity contribution in [2.45, 2.75) is 12.8 Å². The maximum absolute atomic E-state index is 8.14. The molecule has 45 valence electrons. The van der Waals surface area contributed by atoms with Gasteiger partial charge in [-0.15, -0.1) is 0 Å². The Morgan fingerprint density at radius 3 is 2.50 bits per heavy atom. The molecule has 1 N–H and O–H groups in total. The molecule has 1 aliphatic heterocycles. The minimum absolute atomic E-state index is 0.728. The van der Waals surface area contributed by atoms with Crippen molar-refractivity contribution in [2.24, 2.45) is 0 Å². The minimum Gasteiger partial charge on any atom is -0.428 e. The first kappa shape index (κ1) is 6.07. The molecule has 0 aliphatic carbocycles. The summed E-state index contributed by atoms with van der Waals surface area (Å²) in [5.41, 5.74) is 0. The van der Waals surface area contributed by atoms with E-state index in [2.05, 4.69) is 4.76 Å². The summed E-state index contributed by atoms with van der Waals surface area (Å²) in [4.78, 5) is 0. The SMILES string of the molecule is O[B]ON1CCCC1. The third-order valence-electron chi connectivity index (χ3n) is 1.26. The van der Waals surface area contributed by atoms with E-state index in [1.54, 1.807) is 5.06 Å². The Morgan fingerprint density at radius 1 is 1.38 bits per heavy atom. The Morgan fingerprint density at radius 2 is 2.00 bits per heavy atom. The molecule has 0 atom stereocenters. The van der Waals surface area contributed by atoms with Crippen molar-refractivity contribution in [2.75, 3.05) is 13.1 Å². The van der Waals surface area contributed by atoms with Crippen LogP contribution >= 0.6 is 0 Å². The average molecular weight is 114 g/mol. The molecule has 0 spiro atoms. The van der Waals surface area contributed by atoms with Gasteiger partial charge in [-0.3, -0.25) is 0 Å². The van der Waals surface area contributed by atoms with Crippen LogP contribution in [0.2, 0.25) is 0 Å². The van der Waals surface area contributed by atoms with E-state index in [-0.39, 0.29) is 0 Å². The van der Waals surface area contributed by atoms with Gasteiger partial charge >= 0.3 is 7.69 Å². The fraction of sp³-hybridized carbons (Fsp3) is 1.00. The van der Waals surface area contributed by atoms with Crippen molar-refractivity contribution in [1.82, 2.24) is 5.06 Å². The number of hydrogen-bond acceptors (Lipinski definition) is 3. The van der Waals surface area contributed by atoms with Crippen LogP contribution in [0.5, 0.6) is 0 Å². The molecule has 1 saturated heterocycles. The zero-order valence-corrected chi connectivity index (χ0v) is 4.71. The van der Waals surface area contributed by atoms with Gasteiger partial charge in [0.2, 0.25) is 0 Å².